The molecule has 2 N–H and O–H groups in total. The lowest BCUT2D eigenvalue weighted by Gasteiger charge is -2.23. The number of alkyl halides is 3. The maximum Gasteiger partial charge on any atom is 0.416 e. The van der Waals surface area contributed by atoms with E-state index in [1.165, 1.54) is 42.3 Å². The molecule has 9 heteroatoms. The number of nitrogens with zero attached hydrogens (tertiary/aromatic N) is 2. The van der Waals surface area contributed by atoms with Crippen LogP contribution in [0.3, 0.4) is 0 Å². The van der Waals surface area contributed by atoms with Gasteiger partial charge in [0.1, 0.15) is 11.7 Å². The van der Waals surface area contributed by atoms with Crippen molar-refractivity contribution in [2.75, 3.05) is 18.6 Å². The van der Waals surface area contributed by atoms with Gasteiger partial charge in [-0.05, 0) is 29.8 Å². The summed E-state index contributed by atoms with van der Waals surface area (Å²) in [4.78, 5) is 26.7. The van der Waals surface area contributed by atoms with Crippen molar-refractivity contribution >= 4 is 17.5 Å². The Bertz CT molecular complexity index is 899. The van der Waals surface area contributed by atoms with Crippen molar-refractivity contribution in [1.29, 1.82) is 0 Å². The molecule has 1 saturated heterocycles. The average molecular weight is 395 g/mol. The van der Waals surface area contributed by atoms with Crippen LogP contribution in [0, 0.1) is 11.7 Å². The van der Waals surface area contributed by atoms with E-state index in [9.17, 15) is 27.2 Å². The Morgan fingerprint density at radius 1 is 1.14 bits per heavy atom. The van der Waals surface area contributed by atoms with Crippen molar-refractivity contribution in [3.8, 4) is 0 Å². The molecule has 2 aromatic carbocycles. The van der Waals surface area contributed by atoms with Crippen LogP contribution in [0.1, 0.15) is 17.0 Å². The van der Waals surface area contributed by atoms with Gasteiger partial charge in [-0.1, -0.05) is 24.3 Å². The third-order valence-corrected chi connectivity index (χ3v) is 4.80. The van der Waals surface area contributed by atoms with Crippen LogP contribution in [-0.2, 0) is 15.8 Å². The lowest BCUT2D eigenvalue weighted by molar-refractivity contribution is -0.138. The van der Waals surface area contributed by atoms with Gasteiger partial charge in [-0.3, -0.25) is 9.59 Å². The molecule has 0 bridgehead atoms. The fraction of sp³-hybridized carbons (Fsp3) is 0.263. The van der Waals surface area contributed by atoms with E-state index in [2.05, 4.69) is 0 Å². The zero-order chi connectivity index (χ0) is 20.6. The highest BCUT2D eigenvalue weighted by molar-refractivity contribution is 6.09. The van der Waals surface area contributed by atoms with E-state index < -0.39 is 41.2 Å². The summed E-state index contributed by atoms with van der Waals surface area (Å²) in [6.07, 6.45) is -4.49. The molecular formula is C19H17F4N3O2. The molecule has 3 rings (SSSR count). The minimum Gasteiger partial charge on any atom is -0.344 e. The smallest absolute Gasteiger partial charge is 0.344 e. The van der Waals surface area contributed by atoms with Crippen molar-refractivity contribution in [2.45, 2.75) is 12.1 Å². The molecule has 5 nitrogen and oxygen atoms in total. The average Bonchev–Trinajstić information content (AvgIpc) is 2.95. The Hall–Kier alpha value is -2.94. The SMILES string of the molecule is CN1CC(c2ccc(C(F)(F)F)cc2)C(C(=O)N(N)c2ccccc2F)C1=O. The number of amides is 2. The number of hydrogen-bond donors (Lipinski definition) is 1. The van der Waals surface area contributed by atoms with Crippen molar-refractivity contribution in [3.63, 3.8) is 0 Å². The van der Waals surface area contributed by atoms with E-state index in [4.69, 9.17) is 5.84 Å². The maximum atomic E-state index is 14.0. The zero-order valence-electron chi connectivity index (χ0n) is 14.8. The van der Waals surface area contributed by atoms with E-state index in [-0.39, 0.29) is 12.2 Å². The number of likely N-dealkylation sites (tertiary alicyclic amines) is 1. The van der Waals surface area contributed by atoms with Gasteiger partial charge in [0, 0.05) is 19.5 Å². The van der Waals surface area contributed by atoms with Crippen LogP contribution in [0.25, 0.3) is 0 Å². The second-order valence-electron chi connectivity index (χ2n) is 6.58. The standard InChI is InChI=1S/C19H17F4N3O2/c1-25-10-13(11-6-8-12(9-7-11)19(21,22)23)16(17(25)27)18(28)26(24)15-5-3-2-4-14(15)20/h2-9,13,16H,10,24H2,1H3. The number of carbonyl (C=O) groups is 2. The Balaban J connectivity index is 1.92. The highest BCUT2D eigenvalue weighted by atomic mass is 19.4. The molecule has 2 aromatic rings. The molecule has 0 saturated carbocycles. The number of benzene rings is 2. The van der Waals surface area contributed by atoms with E-state index in [1.807, 2.05) is 0 Å². The quantitative estimate of drug-likeness (QED) is 0.286. The van der Waals surface area contributed by atoms with Crippen LogP contribution in [0.2, 0.25) is 0 Å². The van der Waals surface area contributed by atoms with Crippen molar-refractivity contribution in [3.05, 3.63) is 65.5 Å². The lowest BCUT2D eigenvalue weighted by atomic mass is 9.87. The van der Waals surface area contributed by atoms with Gasteiger partial charge < -0.3 is 4.90 Å². The van der Waals surface area contributed by atoms with Gasteiger partial charge in [-0.2, -0.15) is 13.2 Å². The molecule has 2 unspecified atom stereocenters. The molecule has 28 heavy (non-hydrogen) atoms. The van der Waals surface area contributed by atoms with Crippen LogP contribution in [-0.4, -0.2) is 30.3 Å². The number of para-hydroxylation sites is 1. The molecule has 1 heterocycles. The first kappa shape index (κ1) is 19.8. The molecule has 0 radical (unpaired) electrons. The first-order valence-electron chi connectivity index (χ1n) is 8.36. The molecule has 2 amide bonds. The molecule has 148 valence electrons. The topological polar surface area (TPSA) is 66.6 Å². The summed E-state index contributed by atoms with van der Waals surface area (Å²) >= 11 is 0. The second-order valence-corrected chi connectivity index (χ2v) is 6.58. The molecule has 0 aliphatic carbocycles. The molecule has 1 aliphatic heterocycles. The van der Waals surface area contributed by atoms with Crippen LogP contribution in [0.4, 0.5) is 23.2 Å². The first-order chi connectivity index (χ1) is 13.1. The van der Waals surface area contributed by atoms with Crippen LogP contribution < -0.4 is 10.9 Å². The third-order valence-electron chi connectivity index (χ3n) is 4.80. The summed E-state index contributed by atoms with van der Waals surface area (Å²) in [5.41, 5.74) is -0.629. The maximum absolute atomic E-state index is 14.0. The van der Waals surface area contributed by atoms with Crippen molar-refractivity contribution in [1.82, 2.24) is 4.90 Å². The lowest BCUT2D eigenvalue weighted by Crippen LogP contribution is -2.45. The predicted molar refractivity (Wildman–Crippen MR) is 93.4 cm³/mol. The Morgan fingerprint density at radius 2 is 1.75 bits per heavy atom. The number of hydrogen-bond acceptors (Lipinski definition) is 3. The third kappa shape index (κ3) is 3.57. The first-order valence-corrected chi connectivity index (χ1v) is 8.36. The highest BCUT2D eigenvalue weighted by Gasteiger charge is 2.46. The largest absolute Gasteiger partial charge is 0.416 e. The van der Waals surface area contributed by atoms with Gasteiger partial charge in [0.25, 0.3) is 5.91 Å². The van der Waals surface area contributed by atoms with E-state index >= 15 is 0 Å². The van der Waals surface area contributed by atoms with Gasteiger partial charge in [0.05, 0.1) is 11.3 Å². The summed E-state index contributed by atoms with van der Waals surface area (Å²) in [7, 11) is 1.48. The number of halogens is 4. The molecule has 2 atom stereocenters. The minimum absolute atomic E-state index is 0.131. The summed E-state index contributed by atoms with van der Waals surface area (Å²) < 4.78 is 52.3. The summed E-state index contributed by atoms with van der Waals surface area (Å²) in [5, 5.41) is 0.578. The van der Waals surface area contributed by atoms with E-state index in [0.29, 0.717) is 10.6 Å². The van der Waals surface area contributed by atoms with Gasteiger partial charge >= 0.3 is 6.18 Å². The van der Waals surface area contributed by atoms with Crippen LogP contribution in [0.15, 0.2) is 48.5 Å². The molecule has 0 aromatic heterocycles. The summed E-state index contributed by atoms with van der Waals surface area (Å²) in [5.74, 6) is 1.72. The zero-order valence-corrected chi connectivity index (χ0v) is 14.8. The monoisotopic (exact) mass is 395 g/mol. The van der Waals surface area contributed by atoms with Crippen molar-refractivity contribution in [2.24, 2.45) is 11.8 Å². The number of anilines is 1. The Kier molecular flexibility index (Phi) is 5.12. The van der Waals surface area contributed by atoms with Gasteiger partial charge in [-0.25, -0.2) is 15.2 Å². The molecular weight excluding hydrogens is 378 g/mol. The van der Waals surface area contributed by atoms with Crippen LogP contribution in [0.5, 0.6) is 0 Å². The number of hydrazine groups is 1. The fourth-order valence-corrected chi connectivity index (χ4v) is 3.31. The fourth-order valence-electron chi connectivity index (χ4n) is 3.31. The predicted octanol–water partition coefficient (Wildman–Crippen LogP) is 2.92. The normalized spacial score (nSPS) is 19.8. The number of nitrogens with two attached hydrogens (primary N) is 1. The summed E-state index contributed by atoms with van der Waals surface area (Å²) in [6.45, 7) is 0.131. The number of rotatable bonds is 3. The summed E-state index contributed by atoms with van der Waals surface area (Å²) in [6, 6.07) is 9.61. The highest BCUT2D eigenvalue weighted by Crippen LogP contribution is 2.37. The van der Waals surface area contributed by atoms with Gasteiger partial charge in [-0.15, -0.1) is 0 Å². The van der Waals surface area contributed by atoms with Gasteiger partial charge in [0.15, 0.2) is 0 Å². The van der Waals surface area contributed by atoms with Crippen LogP contribution >= 0.6 is 0 Å². The van der Waals surface area contributed by atoms with Gasteiger partial charge in [0.2, 0.25) is 5.91 Å². The molecule has 0 spiro atoms. The number of carbonyl (C=O) groups excluding carboxylic acids is 2. The molecule has 1 fully saturated rings. The second kappa shape index (κ2) is 7.23. The Labute approximate surface area is 158 Å². The van der Waals surface area contributed by atoms with E-state index in [1.54, 1.807) is 0 Å². The van der Waals surface area contributed by atoms with Crippen molar-refractivity contribution < 1.29 is 27.2 Å². The minimum atomic E-state index is -4.49. The Morgan fingerprint density at radius 3 is 2.32 bits per heavy atom. The molecule has 1 aliphatic rings. The number of likely N-dealkylation sites (N-methyl/N-ethyl adjacent to an activating group) is 1. The van der Waals surface area contributed by atoms with E-state index in [0.717, 1.165) is 18.2 Å².